The van der Waals surface area contributed by atoms with Crippen LogP contribution in [0, 0.1) is 5.41 Å². The van der Waals surface area contributed by atoms with E-state index in [2.05, 4.69) is 4.98 Å². The topological polar surface area (TPSA) is 53.4 Å². The fraction of sp³-hybridized carbons (Fsp3) is 0.500. The second-order valence-electron chi connectivity index (χ2n) is 4.91. The number of hydrogen-bond acceptors (Lipinski definition) is 3. The fourth-order valence-corrected chi connectivity index (χ4v) is 2.19. The van der Waals surface area contributed by atoms with Gasteiger partial charge in [0.1, 0.15) is 5.82 Å². The Balaban J connectivity index is 2.33. The lowest BCUT2D eigenvalue weighted by Gasteiger charge is -2.23. The lowest BCUT2D eigenvalue weighted by molar-refractivity contribution is -0.146. The summed E-state index contributed by atoms with van der Waals surface area (Å²) in [6.45, 7) is 1.82. The molecular weight excluding hydrogens is 261 g/mol. The van der Waals surface area contributed by atoms with Gasteiger partial charge >= 0.3 is 12.1 Å². The molecule has 1 atom stereocenters. The molecule has 2 rings (SSSR count). The second kappa shape index (κ2) is 4.40. The first-order valence-corrected chi connectivity index (χ1v) is 5.74. The van der Waals surface area contributed by atoms with Crippen molar-refractivity contribution < 1.29 is 23.1 Å². The van der Waals surface area contributed by atoms with Gasteiger partial charge in [0.05, 0.1) is 11.0 Å². The molecule has 0 aliphatic carbocycles. The third-order valence-corrected chi connectivity index (χ3v) is 3.38. The molecular formula is C12H13F3N2O2. The van der Waals surface area contributed by atoms with Crippen LogP contribution < -0.4 is 4.90 Å². The summed E-state index contributed by atoms with van der Waals surface area (Å²) in [6.07, 6.45) is -2.91. The molecule has 0 bridgehead atoms. The molecule has 0 saturated carbocycles. The highest BCUT2D eigenvalue weighted by Crippen LogP contribution is 2.39. The van der Waals surface area contributed by atoms with Crippen LogP contribution in [0.4, 0.5) is 19.0 Å². The summed E-state index contributed by atoms with van der Waals surface area (Å²) in [6, 6.07) is 2.18. The van der Waals surface area contributed by atoms with Crippen LogP contribution in [0.5, 0.6) is 0 Å². The predicted molar refractivity (Wildman–Crippen MR) is 61.8 cm³/mol. The minimum Gasteiger partial charge on any atom is -0.481 e. The average Bonchev–Trinajstić information content (AvgIpc) is 2.72. The second-order valence-corrected chi connectivity index (χ2v) is 4.91. The predicted octanol–water partition coefficient (Wildman–Crippen LogP) is 2.40. The van der Waals surface area contributed by atoms with E-state index in [-0.39, 0.29) is 18.9 Å². The molecule has 1 aromatic rings. The summed E-state index contributed by atoms with van der Waals surface area (Å²) in [5.74, 6) is -1.19. The lowest BCUT2D eigenvalue weighted by Crippen LogP contribution is -2.32. The molecule has 0 amide bonds. The number of carboxylic acid groups (broad SMARTS) is 1. The molecule has 2 heterocycles. The van der Waals surface area contributed by atoms with E-state index < -0.39 is 23.1 Å². The van der Waals surface area contributed by atoms with Crippen LogP contribution in [-0.2, 0) is 11.0 Å². The molecule has 1 aliphatic rings. The molecule has 0 spiro atoms. The number of hydrogen-bond donors (Lipinski definition) is 1. The highest BCUT2D eigenvalue weighted by atomic mass is 19.4. The number of anilines is 1. The maximum atomic E-state index is 12.9. The number of carbonyl (C=O) groups is 1. The highest BCUT2D eigenvalue weighted by molar-refractivity contribution is 5.76. The number of pyridine rings is 1. The standard InChI is InChI=1S/C12H13F3N2O2/c1-11(10(18)19)4-6-17(7-11)9-8(12(13,14)15)3-2-5-16-9/h2-3,5H,4,6-7H2,1H3,(H,18,19). The Morgan fingerprint density at radius 1 is 1.53 bits per heavy atom. The molecule has 1 aromatic heterocycles. The van der Waals surface area contributed by atoms with Crippen molar-refractivity contribution >= 4 is 11.8 Å². The normalized spacial score (nSPS) is 23.7. The third kappa shape index (κ3) is 2.50. The monoisotopic (exact) mass is 274 g/mol. The van der Waals surface area contributed by atoms with Gasteiger partial charge in [-0.1, -0.05) is 0 Å². The van der Waals surface area contributed by atoms with Crippen molar-refractivity contribution in [2.45, 2.75) is 19.5 Å². The van der Waals surface area contributed by atoms with Gasteiger partial charge in [-0.3, -0.25) is 4.79 Å². The zero-order chi connectivity index (χ0) is 14.3. The zero-order valence-corrected chi connectivity index (χ0v) is 10.2. The summed E-state index contributed by atoms with van der Waals surface area (Å²) < 4.78 is 38.6. The van der Waals surface area contributed by atoms with E-state index >= 15 is 0 Å². The molecule has 0 aromatic carbocycles. The van der Waals surface area contributed by atoms with Crippen LogP contribution >= 0.6 is 0 Å². The van der Waals surface area contributed by atoms with Gasteiger partial charge in [-0.15, -0.1) is 0 Å². The third-order valence-electron chi connectivity index (χ3n) is 3.38. The minimum absolute atomic E-state index is 0.0302. The molecule has 1 fully saturated rings. The first-order chi connectivity index (χ1) is 8.74. The minimum atomic E-state index is -4.49. The van der Waals surface area contributed by atoms with E-state index in [0.717, 1.165) is 6.07 Å². The van der Waals surface area contributed by atoms with Crippen molar-refractivity contribution in [2.75, 3.05) is 18.0 Å². The lowest BCUT2D eigenvalue weighted by atomic mass is 9.90. The number of rotatable bonds is 2. The van der Waals surface area contributed by atoms with Crippen LogP contribution in [0.25, 0.3) is 0 Å². The maximum absolute atomic E-state index is 12.9. The highest BCUT2D eigenvalue weighted by Gasteiger charge is 2.43. The fourth-order valence-electron chi connectivity index (χ4n) is 2.19. The van der Waals surface area contributed by atoms with Gasteiger partial charge in [0.25, 0.3) is 0 Å². The molecule has 1 saturated heterocycles. The van der Waals surface area contributed by atoms with Crippen LogP contribution in [0.15, 0.2) is 18.3 Å². The quantitative estimate of drug-likeness (QED) is 0.899. The van der Waals surface area contributed by atoms with E-state index in [1.165, 1.54) is 24.1 Å². The largest absolute Gasteiger partial charge is 0.481 e. The van der Waals surface area contributed by atoms with Gasteiger partial charge in [-0.2, -0.15) is 13.2 Å². The van der Waals surface area contributed by atoms with Crippen molar-refractivity contribution in [1.82, 2.24) is 4.98 Å². The molecule has 1 unspecified atom stereocenters. The Morgan fingerprint density at radius 2 is 2.21 bits per heavy atom. The smallest absolute Gasteiger partial charge is 0.419 e. The number of alkyl halides is 3. The van der Waals surface area contributed by atoms with E-state index in [4.69, 9.17) is 5.11 Å². The van der Waals surface area contributed by atoms with Gasteiger partial charge in [0.15, 0.2) is 0 Å². The Hall–Kier alpha value is -1.79. The van der Waals surface area contributed by atoms with E-state index in [9.17, 15) is 18.0 Å². The van der Waals surface area contributed by atoms with Crippen LogP contribution in [0.2, 0.25) is 0 Å². The van der Waals surface area contributed by atoms with E-state index in [1.54, 1.807) is 0 Å². The Morgan fingerprint density at radius 3 is 2.74 bits per heavy atom. The number of carboxylic acids is 1. The molecule has 0 radical (unpaired) electrons. The van der Waals surface area contributed by atoms with Crippen molar-refractivity contribution in [1.29, 1.82) is 0 Å². The van der Waals surface area contributed by atoms with Gasteiger partial charge in [-0.25, -0.2) is 4.98 Å². The average molecular weight is 274 g/mol. The summed E-state index contributed by atoms with van der Waals surface area (Å²) >= 11 is 0. The van der Waals surface area contributed by atoms with E-state index in [0.29, 0.717) is 6.42 Å². The zero-order valence-electron chi connectivity index (χ0n) is 10.2. The molecule has 4 nitrogen and oxygen atoms in total. The Labute approximate surface area is 107 Å². The SMILES string of the molecule is CC1(C(=O)O)CCN(c2ncccc2C(F)(F)F)C1. The summed E-state index contributed by atoms with van der Waals surface area (Å²) in [7, 11) is 0. The Kier molecular flexibility index (Phi) is 3.15. The van der Waals surface area contributed by atoms with Crippen LogP contribution in [0.3, 0.4) is 0 Å². The summed E-state index contributed by atoms with van der Waals surface area (Å²) in [5, 5.41) is 9.10. The van der Waals surface area contributed by atoms with E-state index in [1.807, 2.05) is 0 Å². The molecule has 1 aliphatic heterocycles. The van der Waals surface area contributed by atoms with Gasteiger partial charge < -0.3 is 10.0 Å². The van der Waals surface area contributed by atoms with Crippen molar-refractivity contribution in [3.05, 3.63) is 23.9 Å². The van der Waals surface area contributed by atoms with Crippen molar-refractivity contribution in [2.24, 2.45) is 5.41 Å². The molecule has 19 heavy (non-hydrogen) atoms. The number of halogens is 3. The first kappa shape index (κ1) is 13.6. The van der Waals surface area contributed by atoms with Crippen molar-refractivity contribution in [3.63, 3.8) is 0 Å². The molecule has 1 N–H and O–H groups in total. The molecule has 104 valence electrons. The number of aliphatic carboxylic acids is 1. The summed E-state index contributed by atoms with van der Waals surface area (Å²) in [5.41, 5.74) is -1.86. The van der Waals surface area contributed by atoms with Crippen molar-refractivity contribution in [3.8, 4) is 0 Å². The number of aromatic nitrogens is 1. The Bertz CT molecular complexity index is 504. The van der Waals surface area contributed by atoms with Gasteiger partial charge in [0, 0.05) is 19.3 Å². The van der Waals surface area contributed by atoms with Crippen LogP contribution in [-0.4, -0.2) is 29.1 Å². The summed E-state index contributed by atoms with van der Waals surface area (Å²) in [4.78, 5) is 16.3. The van der Waals surface area contributed by atoms with Gasteiger partial charge in [0.2, 0.25) is 0 Å². The maximum Gasteiger partial charge on any atom is 0.419 e. The van der Waals surface area contributed by atoms with Gasteiger partial charge in [-0.05, 0) is 25.5 Å². The van der Waals surface area contributed by atoms with Crippen LogP contribution in [0.1, 0.15) is 18.9 Å². The first-order valence-electron chi connectivity index (χ1n) is 5.74. The molecule has 7 heteroatoms. The number of nitrogens with zero attached hydrogens (tertiary/aromatic N) is 2.